The maximum absolute atomic E-state index is 13.8. The lowest BCUT2D eigenvalue weighted by Gasteiger charge is -2.12. The van der Waals surface area contributed by atoms with Crippen LogP contribution in [0.1, 0.15) is 22.3 Å². The van der Waals surface area contributed by atoms with Crippen molar-refractivity contribution in [3.63, 3.8) is 0 Å². The molecule has 0 heterocycles. The van der Waals surface area contributed by atoms with Crippen molar-refractivity contribution in [2.24, 2.45) is 0 Å². The number of hydrogen-bond acceptors (Lipinski definition) is 2. The number of nitrogens with one attached hydrogen (secondary N) is 1. The molecule has 0 aliphatic rings. The summed E-state index contributed by atoms with van der Waals surface area (Å²) >= 11 is 5.92. The van der Waals surface area contributed by atoms with Gasteiger partial charge in [0.15, 0.2) is 0 Å². The second kappa shape index (κ2) is 6.93. The SMILES string of the molecule is Cc1cc(S(=O)(=O)NCc2ccc(C(F)(F)F)cc2F)c(C)cc1Cl. The van der Waals surface area contributed by atoms with Gasteiger partial charge in [0.2, 0.25) is 10.0 Å². The number of benzene rings is 2. The third kappa shape index (κ3) is 4.50. The lowest BCUT2D eigenvalue weighted by Crippen LogP contribution is -2.24. The summed E-state index contributed by atoms with van der Waals surface area (Å²) < 4.78 is 78.3. The minimum absolute atomic E-state index is 0.0262. The van der Waals surface area contributed by atoms with E-state index in [4.69, 9.17) is 11.6 Å². The molecule has 2 aromatic carbocycles. The normalized spacial score (nSPS) is 12.4. The average Bonchev–Trinajstić information content (AvgIpc) is 2.48. The molecule has 0 unspecified atom stereocenters. The van der Waals surface area contributed by atoms with Crippen LogP contribution in [0.2, 0.25) is 5.02 Å². The molecule has 0 radical (unpaired) electrons. The summed E-state index contributed by atoms with van der Waals surface area (Å²) in [4.78, 5) is -0.0262. The Kier molecular flexibility index (Phi) is 5.46. The van der Waals surface area contributed by atoms with Gasteiger partial charge in [0.1, 0.15) is 5.82 Å². The number of alkyl halides is 3. The van der Waals surface area contributed by atoms with Crippen LogP contribution in [0.25, 0.3) is 0 Å². The molecule has 2 aromatic rings. The molecule has 25 heavy (non-hydrogen) atoms. The summed E-state index contributed by atoms with van der Waals surface area (Å²) in [5.74, 6) is -1.14. The Bertz CT molecular complexity index is 911. The van der Waals surface area contributed by atoms with Gasteiger partial charge < -0.3 is 0 Å². The van der Waals surface area contributed by atoms with E-state index in [1.165, 1.54) is 12.1 Å². The van der Waals surface area contributed by atoms with Crippen LogP contribution in [0.3, 0.4) is 0 Å². The third-order valence-corrected chi connectivity index (χ3v) is 5.53. The molecule has 0 fully saturated rings. The highest BCUT2D eigenvalue weighted by Crippen LogP contribution is 2.30. The van der Waals surface area contributed by atoms with Crippen LogP contribution >= 0.6 is 11.6 Å². The van der Waals surface area contributed by atoms with E-state index in [0.717, 1.165) is 6.07 Å². The zero-order chi connectivity index (χ0) is 19.0. The molecule has 136 valence electrons. The number of rotatable bonds is 4. The standard InChI is InChI=1S/C16H14ClF4NO2S/c1-9-6-15(10(2)5-13(9)17)25(23,24)22-8-11-3-4-12(7-14(11)18)16(19,20)21/h3-7,22H,8H2,1-2H3. The van der Waals surface area contributed by atoms with E-state index in [2.05, 4.69) is 4.72 Å². The van der Waals surface area contributed by atoms with E-state index in [-0.39, 0.29) is 10.5 Å². The fourth-order valence-corrected chi connectivity index (χ4v) is 3.70. The lowest BCUT2D eigenvalue weighted by atomic mass is 10.1. The van der Waals surface area contributed by atoms with Crippen LogP contribution in [0, 0.1) is 19.7 Å². The molecule has 1 N–H and O–H groups in total. The third-order valence-electron chi connectivity index (χ3n) is 3.58. The van der Waals surface area contributed by atoms with E-state index in [0.29, 0.717) is 28.3 Å². The van der Waals surface area contributed by atoms with Crippen LogP contribution in [-0.4, -0.2) is 8.42 Å². The van der Waals surface area contributed by atoms with Gasteiger partial charge >= 0.3 is 6.18 Å². The Balaban J connectivity index is 2.25. The van der Waals surface area contributed by atoms with E-state index in [1.807, 2.05) is 0 Å². The van der Waals surface area contributed by atoms with Gasteiger partial charge in [-0.2, -0.15) is 13.2 Å². The topological polar surface area (TPSA) is 46.2 Å². The maximum atomic E-state index is 13.8. The summed E-state index contributed by atoms with van der Waals surface area (Å²) in [6.45, 7) is 2.71. The smallest absolute Gasteiger partial charge is 0.207 e. The van der Waals surface area contributed by atoms with Gasteiger partial charge in [0.05, 0.1) is 10.5 Å². The first-order chi connectivity index (χ1) is 11.4. The lowest BCUT2D eigenvalue weighted by molar-refractivity contribution is -0.137. The van der Waals surface area contributed by atoms with Crippen LogP contribution in [0.5, 0.6) is 0 Å². The fraction of sp³-hybridized carbons (Fsp3) is 0.250. The summed E-state index contributed by atoms with van der Waals surface area (Å²) in [5.41, 5.74) is -0.384. The monoisotopic (exact) mass is 395 g/mol. The van der Waals surface area contributed by atoms with Crippen molar-refractivity contribution in [3.05, 3.63) is 63.4 Å². The van der Waals surface area contributed by atoms with Crippen LogP contribution in [-0.2, 0) is 22.7 Å². The van der Waals surface area contributed by atoms with Crippen LogP contribution in [0.4, 0.5) is 17.6 Å². The highest BCUT2D eigenvalue weighted by molar-refractivity contribution is 7.89. The van der Waals surface area contributed by atoms with E-state index >= 15 is 0 Å². The predicted octanol–water partition coefficient (Wildman–Crippen LogP) is 4.59. The Morgan fingerprint density at radius 3 is 2.28 bits per heavy atom. The first kappa shape index (κ1) is 19.7. The van der Waals surface area contributed by atoms with Crippen molar-refractivity contribution in [1.82, 2.24) is 4.72 Å². The molecule has 2 rings (SSSR count). The van der Waals surface area contributed by atoms with Gasteiger partial charge in [-0.05, 0) is 49.2 Å². The van der Waals surface area contributed by atoms with Gasteiger partial charge in [-0.1, -0.05) is 17.7 Å². The maximum Gasteiger partial charge on any atom is 0.416 e. The molecular weight excluding hydrogens is 382 g/mol. The summed E-state index contributed by atoms with van der Waals surface area (Å²) in [6, 6.07) is 4.81. The summed E-state index contributed by atoms with van der Waals surface area (Å²) in [6.07, 6.45) is -4.67. The average molecular weight is 396 g/mol. The highest BCUT2D eigenvalue weighted by atomic mass is 35.5. The quantitative estimate of drug-likeness (QED) is 0.769. The molecule has 0 atom stereocenters. The van der Waals surface area contributed by atoms with Crippen molar-refractivity contribution in [3.8, 4) is 0 Å². The van der Waals surface area contributed by atoms with Gasteiger partial charge in [-0.15, -0.1) is 0 Å². The van der Waals surface area contributed by atoms with Crippen molar-refractivity contribution in [1.29, 1.82) is 0 Å². The van der Waals surface area contributed by atoms with Crippen molar-refractivity contribution in [2.75, 3.05) is 0 Å². The molecule has 0 saturated carbocycles. The number of aryl methyl sites for hydroxylation is 2. The van der Waals surface area contributed by atoms with Gasteiger partial charge in [0, 0.05) is 17.1 Å². The Hall–Kier alpha value is -1.64. The molecule has 0 saturated heterocycles. The summed E-state index contributed by atoms with van der Waals surface area (Å²) in [5, 5.41) is 0.408. The van der Waals surface area contributed by atoms with Gasteiger partial charge in [-0.3, -0.25) is 0 Å². The van der Waals surface area contributed by atoms with Crippen molar-refractivity contribution < 1.29 is 26.0 Å². The Morgan fingerprint density at radius 1 is 1.08 bits per heavy atom. The van der Waals surface area contributed by atoms with Gasteiger partial charge in [0.25, 0.3) is 0 Å². The fourth-order valence-electron chi connectivity index (χ4n) is 2.16. The summed E-state index contributed by atoms with van der Waals surface area (Å²) in [7, 11) is -3.98. The molecule has 0 aliphatic carbocycles. The number of sulfonamides is 1. The van der Waals surface area contributed by atoms with Gasteiger partial charge in [-0.25, -0.2) is 17.5 Å². The molecule has 9 heteroatoms. The second-order valence-electron chi connectivity index (χ2n) is 5.50. The molecule has 0 bridgehead atoms. The minimum atomic E-state index is -4.67. The second-order valence-corrected chi connectivity index (χ2v) is 7.64. The zero-order valence-electron chi connectivity index (χ0n) is 13.2. The van der Waals surface area contributed by atoms with Crippen LogP contribution < -0.4 is 4.72 Å². The number of hydrogen-bond donors (Lipinski definition) is 1. The molecule has 3 nitrogen and oxygen atoms in total. The number of halogens is 5. The Labute approximate surface area is 147 Å². The molecule has 0 spiro atoms. The van der Waals surface area contributed by atoms with Crippen molar-refractivity contribution in [2.45, 2.75) is 31.5 Å². The predicted molar refractivity (Wildman–Crippen MR) is 86.4 cm³/mol. The minimum Gasteiger partial charge on any atom is -0.207 e. The molecule has 0 aliphatic heterocycles. The molecule has 0 aromatic heterocycles. The highest BCUT2D eigenvalue weighted by Gasteiger charge is 2.31. The van der Waals surface area contributed by atoms with Crippen molar-refractivity contribution >= 4 is 21.6 Å². The first-order valence-electron chi connectivity index (χ1n) is 7.04. The van der Waals surface area contributed by atoms with E-state index < -0.39 is 34.1 Å². The van der Waals surface area contributed by atoms with Crippen LogP contribution in [0.15, 0.2) is 35.2 Å². The Morgan fingerprint density at radius 2 is 1.72 bits per heavy atom. The first-order valence-corrected chi connectivity index (χ1v) is 8.90. The van der Waals surface area contributed by atoms with E-state index in [9.17, 15) is 26.0 Å². The molecular formula is C16H14ClF4NO2S. The zero-order valence-corrected chi connectivity index (χ0v) is 14.8. The van der Waals surface area contributed by atoms with E-state index in [1.54, 1.807) is 13.8 Å². The molecule has 0 amide bonds. The largest absolute Gasteiger partial charge is 0.416 e.